The maximum absolute atomic E-state index is 5.13. The molecule has 0 unspecified atom stereocenters. The van der Waals surface area contributed by atoms with Gasteiger partial charge in [0.25, 0.3) is 0 Å². The molecule has 0 atom stereocenters. The maximum atomic E-state index is 5.13. The Morgan fingerprint density at radius 3 is 2.84 bits per heavy atom. The summed E-state index contributed by atoms with van der Waals surface area (Å²) < 4.78 is 5.13. The number of hydrogen-bond acceptors (Lipinski definition) is 5. The summed E-state index contributed by atoms with van der Waals surface area (Å²) in [5.74, 6) is 0. The molecule has 102 valence electrons. The predicted molar refractivity (Wildman–Crippen MR) is 77.3 cm³/mol. The summed E-state index contributed by atoms with van der Waals surface area (Å²) in [6.07, 6.45) is 3.44. The number of aromatic nitrogens is 1. The van der Waals surface area contributed by atoms with Crippen LogP contribution >= 0.6 is 11.3 Å². The highest BCUT2D eigenvalue weighted by Gasteiger charge is 2.32. The van der Waals surface area contributed by atoms with Crippen LogP contribution in [0.2, 0.25) is 0 Å². The first-order valence-electron chi connectivity index (χ1n) is 6.62. The fourth-order valence-corrected chi connectivity index (χ4v) is 3.44. The third-order valence-corrected chi connectivity index (χ3v) is 4.91. The molecule has 4 nitrogen and oxygen atoms in total. The molecule has 2 aromatic heterocycles. The lowest BCUT2D eigenvalue weighted by molar-refractivity contribution is 0.102. The lowest BCUT2D eigenvalue weighted by Gasteiger charge is -2.39. The van der Waals surface area contributed by atoms with Gasteiger partial charge in [0, 0.05) is 37.1 Å². The molecule has 1 aliphatic rings. The van der Waals surface area contributed by atoms with Gasteiger partial charge in [0.2, 0.25) is 0 Å². The fourth-order valence-electron chi connectivity index (χ4n) is 2.46. The smallest absolute Gasteiger partial charge is 0.113 e. The van der Waals surface area contributed by atoms with Crippen LogP contribution in [0.5, 0.6) is 0 Å². The van der Waals surface area contributed by atoms with Crippen LogP contribution in [-0.4, -0.2) is 36.1 Å². The highest BCUT2D eigenvalue weighted by Crippen LogP contribution is 2.33. The summed E-state index contributed by atoms with van der Waals surface area (Å²) in [4.78, 5) is 7.30. The van der Waals surface area contributed by atoms with Gasteiger partial charge in [0.15, 0.2) is 0 Å². The second-order valence-electron chi connectivity index (χ2n) is 5.35. The van der Waals surface area contributed by atoms with Crippen molar-refractivity contribution in [3.8, 4) is 11.3 Å². The largest absolute Gasteiger partial charge is 0.472 e. The van der Waals surface area contributed by atoms with Crippen molar-refractivity contribution in [3.63, 3.8) is 0 Å². The van der Waals surface area contributed by atoms with Crippen molar-refractivity contribution in [3.05, 3.63) is 29.0 Å². The Hall–Kier alpha value is -1.17. The zero-order valence-corrected chi connectivity index (χ0v) is 12.2. The summed E-state index contributed by atoms with van der Waals surface area (Å²) in [5.41, 5.74) is 2.06. The van der Waals surface area contributed by atoms with Gasteiger partial charge in [0.05, 0.1) is 23.8 Å². The van der Waals surface area contributed by atoms with Gasteiger partial charge in [-0.05, 0) is 19.9 Å². The molecular formula is C14H19N3OS. The lowest BCUT2D eigenvalue weighted by Crippen LogP contribution is -2.51. The summed E-state index contributed by atoms with van der Waals surface area (Å²) in [6.45, 7) is 8.79. The molecule has 0 aromatic carbocycles. The van der Waals surface area contributed by atoms with Crippen LogP contribution in [-0.2, 0) is 5.54 Å². The van der Waals surface area contributed by atoms with Crippen molar-refractivity contribution in [2.45, 2.75) is 19.4 Å². The second kappa shape index (κ2) is 5.07. The highest BCUT2D eigenvalue weighted by atomic mass is 32.1. The van der Waals surface area contributed by atoms with E-state index in [4.69, 9.17) is 9.40 Å². The van der Waals surface area contributed by atoms with Crippen LogP contribution in [0.25, 0.3) is 11.3 Å². The molecule has 3 rings (SSSR count). The summed E-state index contributed by atoms with van der Waals surface area (Å²) in [5, 5.41) is 6.68. The molecule has 1 N–H and O–H groups in total. The Balaban J connectivity index is 1.84. The zero-order chi connectivity index (χ0) is 13.3. The SMILES string of the molecule is CC(C)(c1nc(-c2ccoc2)cs1)N1CCNCC1. The van der Waals surface area contributed by atoms with Gasteiger partial charge in [-0.1, -0.05) is 0 Å². The number of nitrogens with one attached hydrogen (secondary N) is 1. The maximum Gasteiger partial charge on any atom is 0.113 e. The molecule has 0 amide bonds. The van der Waals surface area contributed by atoms with Crippen LogP contribution in [0.4, 0.5) is 0 Å². The van der Waals surface area contributed by atoms with Crippen LogP contribution in [0.15, 0.2) is 28.4 Å². The Bertz CT molecular complexity index is 527. The molecule has 1 saturated heterocycles. The third-order valence-electron chi connectivity index (χ3n) is 3.75. The van der Waals surface area contributed by atoms with Gasteiger partial charge in [-0.25, -0.2) is 4.98 Å². The number of hydrogen-bond donors (Lipinski definition) is 1. The van der Waals surface area contributed by atoms with Crippen molar-refractivity contribution in [2.75, 3.05) is 26.2 Å². The molecule has 5 heteroatoms. The Kier molecular flexibility index (Phi) is 3.43. The first-order chi connectivity index (χ1) is 9.18. The minimum atomic E-state index is -0.00521. The van der Waals surface area contributed by atoms with E-state index in [2.05, 4.69) is 29.4 Å². The summed E-state index contributed by atoms with van der Waals surface area (Å²) in [7, 11) is 0. The van der Waals surface area contributed by atoms with Crippen molar-refractivity contribution in [1.82, 2.24) is 15.2 Å². The molecular weight excluding hydrogens is 258 g/mol. The van der Waals surface area contributed by atoms with E-state index < -0.39 is 0 Å². The topological polar surface area (TPSA) is 41.3 Å². The third kappa shape index (κ3) is 2.45. The van der Waals surface area contributed by atoms with Gasteiger partial charge in [-0.2, -0.15) is 0 Å². The molecule has 0 radical (unpaired) electrons. The summed E-state index contributed by atoms with van der Waals surface area (Å²) >= 11 is 1.73. The van der Waals surface area contributed by atoms with E-state index in [1.807, 2.05) is 6.07 Å². The monoisotopic (exact) mass is 277 g/mol. The average molecular weight is 277 g/mol. The Morgan fingerprint density at radius 1 is 1.37 bits per heavy atom. The van der Waals surface area contributed by atoms with Gasteiger partial charge < -0.3 is 9.73 Å². The molecule has 0 bridgehead atoms. The standard InChI is InChI=1S/C14H19N3OS/c1-14(2,17-6-4-15-5-7-17)13-16-12(10-19-13)11-3-8-18-9-11/h3,8-10,15H,4-7H2,1-2H3. The van der Waals surface area contributed by atoms with E-state index in [0.717, 1.165) is 37.4 Å². The minimum absolute atomic E-state index is 0.00521. The van der Waals surface area contributed by atoms with Crippen molar-refractivity contribution in [1.29, 1.82) is 0 Å². The molecule has 2 aromatic rings. The minimum Gasteiger partial charge on any atom is -0.472 e. The van der Waals surface area contributed by atoms with Gasteiger partial charge >= 0.3 is 0 Å². The van der Waals surface area contributed by atoms with Crippen LogP contribution in [0.3, 0.4) is 0 Å². The summed E-state index contributed by atoms with van der Waals surface area (Å²) in [6, 6.07) is 1.96. The molecule has 1 aliphatic heterocycles. The number of rotatable bonds is 3. The first-order valence-corrected chi connectivity index (χ1v) is 7.50. The molecule has 3 heterocycles. The van der Waals surface area contributed by atoms with Gasteiger partial charge in [-0.15, -0.1) is 11.3 Å². The van der Waals surface area contributed by atoms with Crippen molar-refractivity contribution in [2.24, 2.45) is 0 Å². The van der Waals surface area contributed by atoms with Crippen LogP contribution in [0.1, 0.15) is 18.9 Å². The molecule has 19 heavy (non-hydrogen) atoms. The molecule has 0 spiro atoms. The zero-order valence-electron chi connectivity index (χ0n) is 11.3. The fraction of sp³-hybridized carbons (Fsp3) is 0.500. The van der Waals surface area contributed by atoms with E-state index in [0.29, 0.717) is 0 Å². The van der Waals surface area contributed by atoms with E-state index in [9.17, 15) is 0 Å². The van der Waals surface area contributed by atoms with Crippen molar-refractivity contribution < 1.29 is 4.42 Å². The number of nitrogens with zero attached hydrogens (tertiary/aromatic N) is 2. The first kappa shape index (κ1) is 12.8. The molecule has 0 aliphatic carbocycles. The van der Waals surface area contributed by atoms with Gasteiger partial charge in [-0.3, -0.25) is 4.90 Å². The van der Waals surface area contributed by atoms with Crippen molar-refractivity contribution >= 4 is 11.3 Å². The second-order valence-corrected chi connectivity index (χ2v) is 6.20. The Labute approximate surface area is 117 Å². The number of furan rings is 1. The lowest BCUT2D eigenvalue weighted by atomic mass is 10.0. The molecule has 0 saturated carbocycles. The van der Waals surface area contributed by atoms with E-state index in [1.165, 1.54) is 5.01 Å². The van der Waals surface area contributed by atoms with Crippen LogP contribution in [0, 0.1) is 0 Å². The van der Waals surface area contributed by atoms with Crippen LogP contribution < -0.4 is 5.32 Å². The Morgan fingerprint density at radius 2 is 2.16 bits per heavy atom. The van der Waals surface area contributed by atoms with Gasteiger partial charge in [0.1, 0.15) is 5.01 Å². The number of thiazole rings is 1. The average Bonchev–Trinajstić information content (AvgIpc) is 3.10. The van der Waals surface area contributed by atoms with E-state index in [-0.39, 0.29) is 5.54 Å². The van der Waals surface area contributed by atoms with E-state index in [1.54, 1.807) is 23.9 Å². The highest BCUT2D eigenvalue weighted by molar-refractivity contribution is 7.10. The quantitative estimate of drug-likeness (QED) is 0.936. The number of piperazine rings is 1. The predicted octanol–water partition coefficient (Wildman–Crippen LogP) is 2.54. The normalized spacial score (nSPS) is 17.8. The van der Waals surface area contributed by atoms with E-state index >= 15 is 0 Å². The molecule has 1 fully saturated rings.